The molecule has 0 fully saturated rings. The molecule has 0 bridgehead atoms. The Morgan fingerprint density at radius 1 is 1.18 bits per heavy atom. The Morgan fingerprint density at radius 2 is 2.00 bits per heavy atom. The van der Waals surface area contributed by atoms with Crippen molar-refractivity contribution in [1.29, 1.82) is 0 Å². The SMILES string of the molecule is O=C1COc2ccc(CNC(=O)Nc3ccccc3)cc2N1. The monoisotopic (exact) mass is 297 g/mol. The molecule has 0 saturated heterocycles. The number of para-hydroxylation sites is 1. The normalized spacial score (nSPS) is 12.6. The molecule has 0 spiro atoms. The van der Waals surface area contributed by atoms with Gasteiger partial charge in [0.15, 0.2) is 6.61 Å². The molecule has 0 saturated carbocycles. The standard InChI is InChI=1S/C16H15N3O3/c20-15-10-22-14-7-6-11(8-13(14)19-15)9-17-16(21)18-12-4-2-1-3-5-12/h1-8H,9-10H2,(H,19,20)(H2,17,18,21). The highest BCUT2D eigenvalue weighted by Crippen LogP contribution is 2.28. The molecule has 0 unspecified atom stereocenters. The fraction of sp³-hybridized carbons (Fsp3) is 0.125. The van der Waals surface area contributed by atoms with Crippen LogP contribution in [0.1, 0.15) is 5.56 Å². The number of carbonyl (C=O) groups is 2. The third kappa shape index (κ3) is 3.35. The van der Waals surface area contributed by atoms with Gasteiger partial charge in [-0.25, -0.2) is 4.79 Å². The minimum absolute atomic E-state index is 0.0318. The second-order valence-electron chi connectivity index (χ2n) is 4.84. The third-order valence-corrected chi connectivity index (χ3v) is 3.16. The number of fused-ring (bicyclic) bond motifs is 1. The molecule has 2 aromatic carbocycles. The number of hydrogen-bond acceptors (Lipinski definition) is 3. The Balaban J connectivity index is 1.58. The number of urea groups is 1. The quantitative estimate of drug-likeness (QED) is 0.813. The lowest BCUT2D eigenvalue weighted by atomic mass is 10.1. The Labute approximate surface area is 127 Å². The molecule has 0 radical (unpaired) electrons. The first kappa shape index (κ1) is 13.9. The molecule has 1 aliphatic rings. The lowest BCUT2D eigenvalue weighted by Crippen LogP contribution is -2.28. The molecular weight excluding hydrogens is 282 g/mol. The highest BCUT2D eigenvalue weighted by molar-refractivity contribution is 5.95. The van der Waals surface area contributed by atoms with Crippen LogP contribution in [0, 0.1) is 0 Å². The fourth-order valence-electron chi connectivity index (χ4n) is 2.12. The van der Waals surface area contributed by atoms with Crippen LogP contribution in [0.15, 0.2) is 48.5 Å². The molecule has 1 heterocycles. The Morgan fingerprint density at radius 3 is 2.82 bits per heavy atom. The summed E-state index contributed by atoms with van der Waals surface area (Å²) in [5, 5.41) is 8.23. The van der Waals surface area contributed by atoms with Crippen LogP contribution in [0.5, 0.6) is 5.75 Å². The van der Waals surface area contributed by atoms with Crippen LogP contribution in [0.3, 0.4) is 0 Å². The molecule has 3 rings (SSSR count). The van der Waals surface area contributed by atoms with Crippen molar-refractivity contribution in [3.05, 3.63) is 54.1 Å². The number of benzene rings is 2. The van der Waals surface area contributed by atoms with Crippen LogP contribution in [0.25, 0.3) is 0 Å². The van der Waals surface area contributed by atoms with Gasteiger partial charge in [-0.1, -0.05) is 24.3 Å². The van der Waals surface area contributed by atoms with Gasteiger partial charge in [-0.3, -0.25) is 4.79 Å². The number of ether oxygens (including phenoxy) is 1. The topological polar surface area (TPSA) is 79.5 Å². The molecule has 3 amide bonds. The minimum atomic E-state index is -0.288. The summed E-state index contributed by atoms with van der Waals surface area (Å²) >= 11 is 0. The van der Waals surface area contributed by atoms with Gasteiger partial charge < -0.3 is 20.7 Å². The van der Waals surface area contributed by atoms with E-state index in [4.69, 9.17) is 4.74 Å². The smallest absolute Gasteiger partial charge is 0.319 e. The van der Waals surface area contributed by atoms with Crippen LogP contribution >= 0.6 is 0 Å². The Hall–Kier alpha value is -3.02. The van der Waals surface area contributed by atoms with Gasteiger partial charge in [0.25, 0.3) is 5.91 Å². The van der Waals surface area contributed by atoms with E-state index in [0.717, 1.165) is 11.3 Å². The van der Waals surface area contributed by atoms with Crippen LogP contribution in [0.2, 0.25) is 0 Å². The summed E-state index contributed by atoms with van der Waals surface area (Å²) in [5.74, 6) is 0.455. The molecule has 0 aliphatic carbocycles. The van der Waals surface area contributed by atoms with Crippen molar-refractivity contribution in [2.75, 3.05) is 17.2 Å². The zero-order valence-electron chi connectivity index (χ0n) is 11.8. The average Bonchev–Trinajstić information content (AvgIpc) is 2.53. The van der Waals surface area contributed by atoms with Gasteiger partial charge in [0, 0.05) is 12.2 Å². The average molecular weight is 297 g/mol. The van der Waals surface area contributed by atoms with Crippen molar-refractivity contribution < 1.29 is 14.3 Å². The molecule has 22 heavy (non-hydrogen) atoms. The van der Waals surface area contributed by atoms with E-state index < -0.39 is 0 Å². The summed E-state index contributed by atoms with van der Waals surface area (Å²) in [5.41, 5.74) is 2.22. The maximum atomic E-state index is 11.8. The third-order valence-electron chi connectivity index (χ3n) is 3.16. The van der Waals surface area contributed by atoms with Gasteiger partial charge in [-0.2, -0.15) is 0 Å². The molecule has 1 aliphatic heterocycles. The number of amides is 3. The Bertz CT molecular complexity index is 701. The Kier molecular flexibility index (Phi) is 3.91. The zero-order valence-corrected chi connectivity index (χ0v) is 11.8. The van der Waals surface area contributed by atoms with Crippen LogP contribution in [-0.4, -0.2) is 18.5 Å². The minimum Gasteiger partial charge on any atom is -0.482 e. The number of rotatable bonds is 3. The first-order valence-corrected chi connectivity index (χ1v) is 6.86. The molecule has 6 heteroatoms. The van der Waals surface area contributed by atoms with Crippen molar-refractivity contribution in [2.24, 2.45) is 0 Å². The van der Waals surface area contributed by atoms with E-state index in [-0.39, 0.29) is 18.5 Å². The van der Waals surface area contributed by atoms with Gasteiger partial charge in [-0.05, 0) is 29.8 Å². The maximum Gasteiger partial charge on any atom is 0.319 e. The summed E-state index contributed by atoms with van der Waals surface area (Å²) in [6, 6.07) is 14.3. The predicted molar refractivity (Wildman–Crippen MR) is 82.9 cm³/mol. The fourth-order valence-corrected chi connectivity index (χ4v) is 2.12. The lowest BCUT2D eigenvalue weighted by Gasteiger charge is -2.18. The number of hydrogen-bond donors (Lipinski definition) is 3. The van der Waals surface area contributed by atoms with Crippen molar-refractivity contribution in [1.82, 2.24) is 5.32 Å². The zero-order chi connectivity index (χ0) is 15.4. The van der Waals surface area contributed by atoms with Crippen molar-refractivity contribution in [2.45, 2.75) is 6.54 Å². The highest BCUT2D eigenvalue weighted by atomic mass is 16.5. The van der Waals surface area contributed by atoms with E-state index >= 15 is 0 Å². The molecular formula is C16H15N3O3. The number of anilines is 2. The first-order chi connectivity index (χ1) is 10.7. The van der Waals surface area contributed by atoms with E-state index in [9.17, 15) is 9.59 Å². The van der Waals surface area contributed by atoms with Crippen LogP contribution < -0.4 is 20.7 Å². The molecule has 3 N–H and O–H groups in total. The van der Waals surface area contributed by atoms with E-state index in [1.165, 1.54) is 0 Å². The van der Waals surface area contributed by atoms with Gasteiger partial charge in [0.2, 0.25) is 0 Å². The molecule has 0 atom stereocenters. The highest BCUT2D eigenvalue weighted by Gasteiger charge is 2.15. The van der Waals surface area contributed by atoms with E-state index in [0.29, 0.717) is 18.0 Å². The van der Waals surface area contributed by atoms with E-state index in [1.54, 1.807) is 12.1 Å². The van der Waals surface area contributed by atoms with E-state index in [2.05, 4.69) is 16.0 Å². The van der Waals surface area contributed by atoms with Crippen molar-refractivity contribution >= 4 is 23.3 Å². The summed E-state index contributed by atoms with van der Waals surface area (Å²) in [6.45, 7) is 0.381. The molecule has 112 valence electrons. The second-order valence-corrected chi connectivity index (χ2v) is 4.84. The molecule has 0 aromatic heterocycles. The van der Waals surface area contributed by atoms with Crippen LogP contribution in [0.4, 0.5) is 16.2 Å². The summed E-state index contributed by atoms with van der Waals surface area (Å²) < 4.78 is 5.28. The lowest BCUT2D eigenvalue weighted by molar-refractivity contribution is -0.118. The van der Waals surface area contributed by atoms with Crippen molar-refractivity contribution in [3.8, 4) is 5.75 Å². The summed E-state index contributed by atoms with van der Waals surface area (Å²) in [7, 11) is 0. The number of carbonyl (C=O) groups excluding carboxylic acids is 2. The molecule has 2 aromatic rings. The first-order valence-electron chi connectivity index (χ1n) is 6.86. The van der Waals surface area contributed by atoms with Gasteiger partial charge in [-0.15, -0.1) is 0 Å². The van der Waals surface area contributed by atoms with Crippen LogP contribution in [-0.2, 0) is 11.3 Å². The largest absolute Gasteiger partial charge is 0.482 e. The second kappa shape index (κ2) is 6.17. The summed E-state index contributed by atoms with van der Waals surface area (Å²) in [4.78, 5) is 23.1. The number of nitrogens with one attached hydrogen (secondary N) is 3. The van der Waals surface area contributed by atoms with Gasteiger partial charge in [0.05, 0.1) is 5.69 Å². The maximum absolute atomic E-state index is 11.8. The predicted octanol–water partition coefficient (Wildman–Crippen LogP) is 2.34. The van der Waals surface area contributed by atoms with E-state index in [1.807, 2.05) is 36.4 Å². The molecule has 6 nitrogen and oxygen atoms in total. The van der Waals surface area contributed by atoms with Crippen molar-refractivity contribution in [3.63, 3.8) is 0 Å². The summed E-state index contributed by atoms with van der Waals surface area (Å²) in [6.07, 6.45) is 0. The van der Waals surface area contributed by atoms with Gasteiger partial charge >= 0.3 is 6.03 Å². The van der Waals surface area contributed by atoms with Gasteiger partial charge in [0.1, 0.15) is 5.75 Å².